The second-order valence-corrected chi connectivity index (χ2v) is 13.8. The molecule has 0 fully saturated rings. The summed E-state index contributed by atoms with van der Waals surface area (Å²) in [6, 6.07) is 34.8. The van der Waals surface area contributed by atoms with Gasteiger partial charge in [0.25, 0.3) is 5.91 Å². The highest BCUT2D eigenvalue weighted by atomic mass is 32.2. The molecule has 6 rings (SSSR count). The minimum atomic E-state index is -0.229. The van der Waals surface area contributed by atoms with Crippen molar-refractivity contribution in [2.75, 3.05) is 0 Å². The molecule has 1 heterocycles. The molecule has 5 heteroatoms. The number of hydrogen-bond donors (Lipinski definition) is 0. The van der Waals surface area contributed by atoms with Crippen molar-refractivity contribution in [3.05, 3.63) is 137 Å². The lowest BCUT2D eigenvalue weighted by Gasteiger charge is -2.22. The Morgan fingerprint density at radius 1 is 0.864 bits per heavy atom. The summed E-state index contributed by atoms with van der Waals surface area (Å²) in [5.74, 6) is -0.0240. The number of carbonyl (C=O) groups excluding carboxylic acids is 2. The van der Waals surface area contributed by atoms with Crippen LogP contribution >= 0.6 is 11.8 Å². The molecule has 224 valence electrons. The standard InChI is InChI=1S/C39H39NO3S/c1-26(2)44-33-19-21-37-35(24-33)34-23-32(39(42)43-25-29-10-6-4-7-11-29)18-20-36(34)40(37)38(41)31-16-14-28(15-17-31)22-27(3)30-12-8-5-9-13-30/h4-17,19,21,24,26-27,32H,18,20,22-23,25H2,1-3H3. The topological polar surface area (TPSA) is 48.3 Å². The number of thioether (sulfide) groups is 1. The van der Waals surface area contributed by atoms with Gasteiger partial charge in [0.15, 0.2) is 0 Å². The highest BCUT2D eigenvalue weighted by Crippen LogP contribution is 2.38. The van der Waals surface area contributed by atoms with E-state index < -0.39 is 0 Å². The first-order chi connectivity index (χ1) is 21.4. The van der Waals surface area contributed by atoms with Crippen molar-refractivity contribution in [3.63, 3.8) is 0 Å². The first-order valence-electron chi connectivity index (χ1n) is 15.6. The van der Waals surface area contributed by atoms with Crippen molar-refractivity contribution in [1.82, 2.24) is 4.57 Å². The van der Waals surface area contributed by atoms with Gasteiger partial charge in [-0.25, -0.2) is 0 Å². The van der Waals surface area contributed by atoms with Crippen molar-refractivity contribution in [1.29, 1.82) is 0 Å². The summed E-state index contributed by atoms with van der Waals surface area (Å²) in [6.07, 6.45) is 2.80. The monoisotopic (exact) mass is 601 g/mol. The molecule has 0 radical (unpaired) electrons. The van der Waals surface area contributed by atoms with E-state index in [4.69, 9.17) is 4.74 Å². The second kappa shape index (κ2) is 13.3. The Morgan fingerprint density at radius 3 is 2.27 bits per heavy atom. The molecule has 0 saturated carbocycles. The summed E-state index contributed by atoms with van der Waals surface area (Å²) in [6.45, 7) is 6.88. The van der Waals surface area contributed by atoms with Gasteiger partial charge < -0.3 is 4.74 Å². The zero-order valence-corrected chi connectivity index (χ0v) is 26.5. The molecule has 2 atom stereocenters. The van der Waals surface area contributed by atoms with Crippen LogP contribution in [0.25, 0.3) is 10.9 Å². The molecular formula is C39H39NO3S. The van der Waals surface area contributed by atoms with Crippen LogP contribution in [-0.4, -0.2) is 21.7 Å². The minimum Gasteiger partial charge on any atom is -0.461 e. The molecule has 0 amide bonds. The second-order valence-electron chi connectivity index (χ2n) is 12.2. The van der Waals surface area contributed by atoms with Crippen LogP contribution in [0.2, 0.25) is 0 Å². The van der Waals surface area contributed by atoms with E-state index in [1.807, 2.05) is 64.9 Å². The number of aromatic nitrogens is 1. The van der Waals surface area contributed by atoms with E-state index in [-0.39, 0.29) is 24.4 Å². The Labute approximate surface area is 264 Å². The molecule has 44 heavy (non-hydrogen) atoms. The van der Waals surface area contributed by atoms with Gasteiger partial charge in [0.05, 0.1) is 11.4 Å². The number of ether oxygens (including phenoxy) is 1. The van der Waals surface area contributed by atoms with Gasteiger partial charge in [-0.3, -0.25) is 14.2 Å². The summed E-state index contributed by atoms with van der Waals surface area (Å²) in [4.78, 5) is 28.5. The first kappa shape index (κ1) is 30.0. The highest BCUT2D eigenvalue weighted by molar-refractivity contribution is 7.99. The lowest BCUT2D eigenvalue weighted by molar-refractivity contribution is -0.150. The Morgan fingerprint density at radius 2 is 1.57 bits per heavy atom. The minimum absolute atomic E-state index is 0.0201. The van der Waals surface area contributed by atoms with Crippen LogP contribution < -0.4 is 0 Å². The lowest BCUT2D eigenvalue weighted by Crippen LogP contribution is -2.26. The SMILES string of the molecule is CC(C)Sc1ccc2c(c1)c1c(n2C(=O)c2ccc(CC(C)c3ccccc3)cc2)CCC(C(=O)OCc2ccccc2)C1. The first-order valence-corrected chi connectivity index (χ1v) is 16.5. The van der Waals surface area contributed by atoms with Crippen LogP contribution in [0, 0.1) is 5.92 Å². The van der Waals surface area contributed by atoms with E-state index in [2.05, 4.69) is 75.4 Å². The quantitative estimate of drug-likeness (QED) is 0.125. The van der Waals surface area contributed by atoms with Crippen LogP contribution in [0.5, 0.6) is 0 Å². The van der Waals surface area contributed by atoms with Gasteiger partial charge in [0.2, 0.25) is 0 Å². The fourth-order valence-corrected chi connectivity index (χ4v) is 7.21. The third kappa shape index (κ3) is 6.53. The van der Waals surface area contributed by atoms with E-state index in [1.54, 1.807) is 0 Å². The van der Waals surface area contributed by atoms with Crippen LogP contribution in [0.1, 0.15) is 71.4 Å². The molecular weight excluding hydrogens is 563 g/mol. The van der Waals surface area contributed by atoms with E-state index in [0.717, 1.165) is 34.1 Å². The van der Waals surface area contributed by atoms with E-state index in [0.29, 0.717) is 36.0 Å². The molecule has 0 bridgehead atoms. The van der Waals surface area contributed by atoms with E-state index in [9.17, 15) is 9.59 Å². The predicted octanol–water partition coefficient (Wildman–Crippen LogP) is 9.02. The molecule has 4 aromatic carbocycles. The van der Waals surface area contributed by atoms with Crippen LogP contribution in [0.3, 0.4) is 0 Å². The van der Waals surface area contributed by atoms with E-state index >= 15 is 0 Å². The molecule has 2 unspecified atom stereocenters. The summed E-state index contributed by atoms with van der Waals surface area (Å²) in [7, 11) is 0. The third-order valence-corrected chi connectivity index (χ3v) is 9.57. The number of carbonyl (C=O) groups is 2. The zero-order valence-electron chi connectivity index (χ0n) is 25.7. The van der Waals surface area contributed by atoms with Crippen molar-refractivity contribution < 1.29 is 14.3 Å². The van der Waals surface area contributed by atoms with Gasteiger partial charge in [-0.05, 0) is 84.2 Å². The predicted molar refractivity (Wildman–Crippen MR) is 179 cm³/mol. The average molecular weight is 602 g/mol. The van der Waals surface area contributed by atoms with Gasteiger partial charge >= 0.3 is 5.97 Å². The van der Waals surface area contributed by atoms with Crippen molar-refractivity contribution in [2.24, 2.45) is 5.92 Å². The number of fused-ring (bicyclic) bond motifs is 3. The molecule has 0 N–H and O–H groups in total. The average Bonchev–Trinajstić information content (AvgIpc) is 3.37. The molecule has 5 aromatic rings. The largest absolute Gasteiger partial charge is 0.461 e. The molecule has 4 nitrogen and oxygen atoms in total. The maximum atomic E-state index is 14.2. The smallest absolute Gasteiger partial charge is 0.309 e. The molecule has 1 aromatic heterocycles. The summed E-state index contributed by atoms with van der Waals surface area (Å²) in [5, 5.41) is 1.50. The van der Waals surface area contributed by atoms with Crippen molar-refractivity contribution >= 4 is 34.5 Å². The normalized spacial score (nSPS) is 15.2. The Balaban J connectivity index is 1.27. The van der Waals surface area contributed by atoms with Gasteiger partial charge in [-0.2, -0.15) is 0 Å². The van der Waals surface area contributed by atoms with Gasteiger partial charge in [0.1, 0.15) is 6.61 Å². The molecule has 1 aliphatic carbocycles. The maximum absolute atomic E-state index is 14.2. The Bertz CT molecular complexity index is 1760. The van der Waals surface area contributed by atoms with Crippen LogP contribution in [-0.2, 0) is 35.4 Å². The van der Waals surface area contributed by atoms with Crippen LogP contribution in [0.15, 0.2) is 108 Å². The number of benzene rings is 4. The third-order valence-electron chi connectivity index (χ3n) is 8.58. The number of nitrogens with zero attached hydrogens (tertiary/aromatic N) is 1. The Hall–Kier alpha value is -4.09. The van der Waals surface area contributed by atoms with Gasteiger partial charge in [0, 0.05) is 26.8 Å². The number of rotatable bonds is 9. The summed E-state index contributed by atoms with van der Waals surface area (Å²) >= 11 is 1.81. The van der Waals surface area contributed by atoms with Crippen molar-refractivity contribution in [2.45, 2.75) is 69.1 Å². The highest BCUT2D eigenvalue weighted by Gasteiger charge is 2.32. The molecule has 1 aliphatic rings. The lowest BCUT2D eigenvalue weighted by atomic mass is 9.86. The number of hydrogen-bond acceptors (Lipinski definition) is 4. The summed E-state index contributed by atoms with van der Waals surface area (Å²) in [5.41, 5.74) is 7.21. The number of esters is 1. The van der Waals surface area contributed by atoms with Gasteiger partial charge in [-0.1, -0.05) is 93.6 Å². The fraction of sp³-hybridized carbons (Fsp3) is 0.282. The molecule has 0 saturated heterocycles. The Kier molecular flexibility index (Phi) is 9.04. The van der Waals surface area contributed by atoms with E-state index in [1.165, 1.54) is 16.0 Å². The zero-order chi connectivity index (χ0) is 30.6. The van der Waals surface area contributed by atoms with Crippen molar-refractivity contribution in [3.8, 4) is 0 Å². The fourth-order valence-electron chi connectivity index (χ4n) is 6.33. The van der Waals surface area contributed by atoms with Crippen LogP contribution in [0.4, 0.5) is 0 Å². The molecule has 0 spiro atoms. The van der Waals surface area contributed by atoms with Gasteiger partial charge in [-0.15, -0.1) is 11.8 Å². The maximum Gasteiger partial charge on any atom is 0.309 e. The molecule has 0 aliphatic heterocycles. The summed E-state index contributed by atoms with van der Waals surface area (Å²) < 4.78 is 7.65.